The van der Waals surface area contributed by atoms with Crippen LogP contribution in [0.2, 0.25) is 0 Å². The molecule has 0 aliphatic rings. The number of hydrogen-bond acceptors (Lipinski definition) is 5. The van der Waals surface area contributed by atoms with Crippen LogP contribution in [0.3, 0.4) is 0 Å². The van der Waals surface area contributed by atoms with E-state index in [2.05, 4.69) is 22.2 Å². The van der Waals surface area contributed by atoms with Crippen LogP contribution in [0.15, 0.2) is 40.8 Å². The predicted octanol–water partition coefficient (Wildman–Crippen LogP) is 3.02. The number of aryl methyl sites for hydroxylation is 1. The fourth-order valence-electron chi connectivity index (χ4n) is 2.23. The van der Waals surface area contributed by atoms with Gasteiger partial charge in [-0.2, -0.15) is 4.98 Å². The van der Waals surface area contributed by atoms with Gasteiger partial charge >= 0.3 is 0 Å². The fraction of sp³-hybridized carbons (Fsp3) is 0.250. The zero-order chi connectivity index (χ0) is 14.7. The number of rotatable bonds is 5. The maximum absolute atomic E-state index is 5.90. The Morgan fingerprint density at radius 2 is 2.00 bits per heavy atom. The summed E-state index contributed by atoms with van der Waals surface area (Å²) in [6.07, 6.45) is 1.67. The molecule has 3 N–H and O–H groups in total. The number of nitrogens with two attached hydrogens (primary N) is 1. The minimum absolute atomic E-state index is 0.536. The van der Waals surface area contributed by atoms with Gasteiger partial charge in [-0.05, 0) is 30.2 Å². The van der Waals surface area contributed by atoms with Crippen molar-refractivity contribution < 1.29 is 4.42 Å². The van der Waals surface area contributed by atoms with Crippen LogP contribution >= 0.6 is 0 Å². The van der Waals surface area contributed by atoms with Gasteiger partial charge in [0.25, 0.3) is 6.01 Å². The van der Waals surface area contributed by atoms with Crippen molar-refractivity contribution >= 4 is 22.9 Å². The molecule has 2 aromatic heterocycles. The normalized spacial score (nSPS) is 10.9. The lowest BCUT2D eigenvalue weighted by molar-refractivity contribution is 0.614. The first kappa shape index (κ1) is 13.4. The first-order valence-corrected chi connectivity index (χ1v) is 7.10. The number of nitrogen functional groups attached to an aromatic ring is 1. The van der Waals surface area contributed by atoms with Crippen LogP contribution in [0.4, 0.5) is 11.8 Å². The number of benzene rings is 1. The van der Waals surface area contributed by atoms with Crippen molar-refractivity contribution in [1.29, 1.82) is 0 Å². The van der Waals surface area contributed by atoms with Crippen LogP contribution in [-0.4, -0.2) is 16.5 Å². The molecule has 0 bridgehead atoms. The number of fused-ring (bicyclic) bond motifs is 1. The van der Waals surface area contributed by atoms with Crippen molar-refractivity contribution in [2.45, 2.75) is 19.8 Å². The minimum Gasteiger partial charge on any atom is -0.424 e. The van der Waals surface area contributed by atoms with Gasteiger partial charge in [0.05, 0.1) is 0 Å². The lowest BCUT2D eigenvalue weighted by atomic mass is 10.1. The van der Waals surface area contributed by atoms with Gasteiger partial charge in [-0.15, -0.1) is 0 Å². The molecule has 0 fully saturated rings. The fourth-order valence-corrected chi connectivity index (χ4v) is 2.23. The van der Waals surface area contributed by atoms with Gasteiger partial charge < -0.3 is 15.5 Å². The Kier molecular flexibility index (Phi) is 3.73. The Balaban J connectivity index is 1.61. The summed E-state index contributed by atoms with van der Waals surface area (Å²) in [6.45, 7) is 2.77. The molecular formula is C16H18N4O. The molecule has 1 aromatic carbocycles. The molecular weight excluding hydrogens is 264 g/mol. The highest BCUT2D eigenvalue weighted by atomic mass is 16.4. The molecule has 0 spiro atoms. The first-order valence-electron chi connectivity index (χ1n) is 7.10. The lowest BCUT2D eigenvalue weighted by Crippen LogP contribution is -2.08. The van der Waals surface area contributed by atoms with Gasteiger partial charge in [0.15, 0.2) is 5.58 Å². The number of nitrogens with one attached hydrogen (secondary N) is 1. The van der Waals surface area contributed by atoms with E-state index in [1.54, 1.807) is 0 Å². The summed E-state index contributed by atoms with van der Waals surface area (Å²) in [4.78, 5) is 8.77. The number of aromatic nitrogens is 2. The van der Waals surface area contributed by atoms with E-state index in [0.29, 0.717) is 18.4 Å². The number of oxazole rings is 1. The molecule has 2 heterocycles. The summed E-state index contributed by atoms with van der Waals surface area (Å²) in [6, 6.07) is 12.3. The quantitative estimate of drug-likeness (QED) is 0.752. The maximum Gasteiger partial charge on any atom is 0.295 e. The average molecular weight is 282 g/mol. The van der Waals surface area contributed by atoms with Crippen molar-refractivity contribution in [2.75, 3.05) is 17.6 Å². The number of anilines is 2. The van der Waals surface area contributed by atoms with E-state index in [-0.39, 0.29) is 0 Å². The van der Waals surface area contributed by atoms with E-state index in [1.807, 2.05) is 36.4 Å². The van der Waals surface area contributed by atoms with E-state index >= 15 is 0 Å². The number of para-hydroxylation sites is 2. The molecule has 0 saturated carbocycles. The third-order valence-electron chi connectivity index (χ3n) is 3.40. The summed E-state index contributed by atoms with van der Waals surface area (Å²) in [5, 5.41) is 3.17. The molecule has 5 nitrogen and oxygen atoms in total. The van der Waals surface area contributed by atoms with Crippen LogP contribution in [0.25, 0.3) is 11.1 Å². The summed E-state index contributed by atoms with van der Waals surface area (Å²) in [5.41, 5.74) is 9.60. The van der Waals surface area contributed by atoms with Crippen molar-refractivity contribution in [3.8, 4) is 0 Å². The van der Waals surface area contributed by atoms with Gasteiger partial charge in [0.2, 0.25) is 0 Å². The second-order valence-corrected chi connectivity index (χ2v) is 4.86. The molecule has 108 valence electrons. The van der Waals surface area contributed by atoms with Gasteiger partial charge in [-0.25, -0.2) is 4.98 Å². The van der Waals surface area contributed by atoms with Crippen LogP contribution in [0.1, 0.15) is 18.2 Å². The largest absolute Gasteiger partial charge is 0.424 e. The zero-order valence-corrected chi connectivity index (χ0v) is 12.0. The lowest BCUT2D eigenvalue weighted by Gasteiger charge is -2.05. The monoisotopic (exact) mass is 282 g/mol. The molecule has 3 aromatic rings. The number of pyridine rings is 1. The van der Waals surface area contributed by atoms with Gasteiger partial charge in [-0.1, -0.05) is 25.1 Å². The highest BCUT2D eigenvalue weighted by Crippen LogP contribution is 2.18. The summed E-state index contributed by atoms with van der Waals surface area (Å²) < 4.78 is 5.60. The van der Waals surface area contributed by atoms with Gasteiger partial charge in [-0.3, -0.25) is 0 Å². The summed E-state index contributed by atoms with van der Waals surface area (Å²) in [5.74, 6) is 0.622. The van der Waals surface area contributed by atoms with Gasteiger partial charge in [0, 0.05) is 18.7 Å². The Hall–Kier alpha value is -2.56. The molecule has 3 rings (SSSR count). The minimum atomic E-state index is 0.536. The number of nitrogens with zero attached hydrogens (tertiary/aromatic N) is 2. The smallest absolute Gasteiger partial charge is 0.295 e. The Bertz CT molecular complexity index is 718. The Labute approximate surface area is 123 Å². The summed E-state index contributed by atoms with van der Waals surface area (Å²) >= 11 is 0. The highest BCUT2D eigenvalue weighted by Gasteiger charge is 2.05. The predicted molar refractivity (Wildman–Crippen MR) is 84.2 cm³/mol. The second kappa shape index (κ2) is 5.83. The average Bonchev–Trinajstić information content (AvgIpc) is 2.90. The molecule has 0 saturated heterocycles. The first-order chi connectivity index (χ1) is 10.3. The van der Waals surface area contributed by atoms with Gasteiger partial charge in [0.1, 0.15) is 11.3 Å². The Morgan fingerprint density at radius 1 is 1.14 bits per heavy atom. The van der Waals surface area contributed by atoms with E-state index in [4.69, 9.17) is 10.2 Å². The zero-order valence-electron chi connectivity index (χ0n) is 12.0. The van der Waals surface area contributed by atoms with Crippen LogP contribution < -0.4 is 11.1 Å². The van der Waals surface area contributed by atoms with Crippen molar-refractivity contribution in [3.63, 3.8) is 0 Å². The van der Waals surface area contributed by atoms with Crippen LogP contribution in [0.5, 0.6) is 0 Å². The van der Waals surface area contributed by atoms with E-state index in [0.717, 1.165) is 35.2 Å². The summed E-state index contributed by atoms with van der Waals surface area (Å²) in [7, 11) is 0. The van der Waals surface area contributed by atoms with Crippen molar-refractivity contribution in [1.82, 2.24) is 9.97 Å². The van der Waals surface area contributed by atoms with Crippen LogP contribution in [0, 0.1) is 0 Å². The second-order valence-electron chi connectivity index (χ2n) is 4.86. The van der Waals surface area contributed by atoms with E-state index in [1.165, 1.54) is 0 Å². The third-order valence-corrected chi connectivity index (χ3v) is 3.40. The standard InChI is InChI=1S/C16H18N4O/c1-2-11-7-8-12(19-15(11)17)9-10-18-16-20-13-5-3-4-6-14(13)21-16/h3-8H,2,9-10H2,1H3,(H2,17,19)(H,18,20). The molecule has 0 aliphatic carbocycles. The third kappa shape index (κ3) is 2.97. The molecule has 0 aliphatic heterocycles. The van der Waals surface area contributed by atoms with E-state index in [9.17, 15) is 0 Å². The molecule has 0 unspecified atom stereocenters. The topological polar surface area (TPSA) is 77.0 Å². The molecule has 5 heteroatoms. The van der Waals surface area contributed by atoms with Crippen molar-refractivity contribution in [2.24, 2.45) is 0 Å². The molecule has 0 atom stereocenters. The Morgan fingerprint density at radius 3 is 2.76 bits per heavy atom. The molecule has 21 heavy (non-hydrogen) atoms. The van der Waals surface area contributed by atoms with Crippen molar-refractivity contribution in [3.05, 3.63) is 47.7 Å². The molecule has 0 amide bonds. The highest BCUT2D eigenvalue weighted by molar-refractivity contribution is 5.74. The SMILES string of the molecule is CCc1ccc(CCNc2nc3ccccc3o2)nc1N. The maximum atomic E-state index is 5.90. The van der Waals surface area contributed by atoms with E-state index < -0.39 is 0 Å². The number of hydrogen-bond donors (Lipinski definition) is 2. The molecule has 0 radical (unpaired) electrons. The van der Waals surface area contributed by atoms with Crippen LogP contribution in [-0.2, 0) is 12.8 Å².